The minimum atomic E-state index is -0.632. The summed E-state index contributed by atoms with van der Waals surface area (Å²) in [5.41, 5.74) is 1.79. The smallest absolute Gasteiger partial charge is 0.261 e. The number of ether oxygens (including phenoxy) is 2. The highest BCUT2D eigenvalue weighted by Crippen LogP contribution is 2.39. The van der Waals surface area contributed by atoms with Crippen LogP contribution in [-0.2, 0) is 4.79 Å². The van der Waals surface area contributed by atoms with Gasteiger partial charge in [-0.25, -0.2) is 0 Å². The van der Waals surface area contributed by atoms with Crippen molar-refractivity contribution in [2.24, 2.45) is 0 Å². The van der Waals surface area contributed by atoms with Crippen LogP contribution in [0.25, 0.3) is 0 Å². The third-order valence-corrected chi connectivity index (χ3v) is 4.65. The molecule has 0 bridgehead atoms. The fourth-order valence-corrected chi connectivity index (χ4v) is 3.37. The molecule has 0 saturated carbocycles. The third kappa shape index (κ3) is 4.31. The first-order valence-electron chi connectivity index (χ1n) is 8.76. The molecular formula is C21H24ClNO3. The minimum absolute atomic E-state index is 0.119. The van der Waals surface area contributed by atoms with E-state index < -0.39 is 6.10 Å². The van der Waals surface area contributed by atoms with Crippen molar-refractivity contribution in [3.8, 4) is 11.5 Å². The molecule has 1 heterocycles. The van der Waals surface area contributed by atoms with Crippen molar-refractivity contribution in [2.75, 3.05) is 0 Å². The fraction of sp³-hybridized carbons (Fsp3) is 0.381. The molecule has 1 N–H and O–H groups in total. The zero-order valence-corrected chi connectivity index (χ0v) is 16.3. The summed E-state index contributed by atoms with van der Waals surface area (Å²) in [6.45, 7) is 7.82. The molecule has 4 nitrogen and oxygen atoms in total. The molecule has 0 aromatic heterocycles. The van der Waals surface area contributed by atoms with Gasteiger partial charge in [0.2, 0.25) is 0 Å². The maximum atomic E-state index is 12.7. The van der Waals surface area contributed by atoms with E-state index in [-0.39, 0.29) is 17.6 Å². The summed E-state index contributed by atoms with van der Waals surface area (Å²) in [4.78, 5) is 12.7. The molecule has 2 atom stereocenters. The quantitative estimate of drug-likeness (QED) is 0.834. The molecule has 26 heavy (non-hydrogen) atoms. The Morgan fingerprint density at radius 3 is 2.81 bits per heavy atom. The number of rotatable bonds is 4. The van der Waals surface area contributed by atoms with Gasteiger partial charge in [0.05, 0.1) is 6.04 Å². The first-order valence-corrected chi connectivity index (χ1v) is 9.13. The van der Waals surface area contributed by atoms with Gasteiger partial charge in [0.25, 0.3) is 5.91 Å². The first kappa shape index (κ1) is 18.6. The normalized spacial score (nSPS) is 19.0. The number of hydrogen-bond acceptors (Lipinski definition) is 3. The molecule has 0 radical (unpaired) electrons. The van der Waals surface area contributed by atoms with E-state index in [4.69, 9.17) is 21.1 Å². The largest absolute Gasteiger partial charge is 0.487 e. The molecule has 0 fully saturated rings. The molecule has 2 aromatic carbocycles. The van der Waals surface area contributed by atoms with E-state index in [9.17, 15) is 4.79 Å². The molecule has 0 spiro atoms. The van der Waals surface area contributed by atoms with Crippen molar-refractivity contribution >= 4 is 17.5 Å². The molecule has 3 rings (SSSR count). The van der Waals surface area contributed by atoms with Crippen LogP contribution in [0.3, 0.4) is 0 Å². The number of hydrogen-bond donors (Lipinski definition) is 1. The summed E-state index contributed by atoms with van der Waals surface area (Å²) >= 11 is 5.97. The number of carbonyl (C=O) groups excluding carboxylic acids is 1. The van der Waals surface area contributed by atoms with Crippen LogP contribution in [0.4, 0.5) is 0 Å². The monoisotopic (exact) mass is 373 g/mol. The Hall–Kier alpha value is -2.20. The first-order chi connectivity index (χ1) is 12.2. The van der Waals surface area contributed by atoms with E-state index in [2.05, 4.69) is 11.4 Å². The van der Waals surface area contributed by atoms with Crippen LogP contribution in [-0.4, -0.2) is 17.6 Å². The fourth-order valence-electron chi connectivity index (χ4n) is 3.19. The number of carbonyl (C=O) groups is 1. The number of amides is 1. The predicted octanol–water partition coefficient (Wildman–Crippen LogP) is 4.83. The summed E-state index contributed by atoms with van der Waals surface area (Å²) in [7, 11) is 0. The third-order valence-electron chi connectivity index (χ3n) is 4.42. The zero-order chi connectivity index (χ0) is 18.9. The lowest BCUT2D eigenvalue weighted by Gasteiger charge is -2.38. The van der Waals surface area contributed by atoms with Gasteiger partial charge in [-0.15, -0.1) is 0 Å². The molecule has 1 amide bonds. The summed E-state index contributed by atoms with van der Waals surface area (Å²) < 4.78 is 11.8. The second-order valence-corrected chi connectivity index (χ2v) is 7.82. The summed E-state index contributed by atoms with van der Waals surface area (Å²) in [6.07, 6.45) is 0.0618. The van der Waals surface area contributed by atoms with Crippen molar-refractivity contribution in [3.63, 3.8) is 0 Å². The van der Waals surface area contributed by atoms with E-state index in [1.54, 1.807) is 31.2 Å². The highest BCUT2D eigenvalue weighted by atomic mass is 35.5. The van der Waals surface area contributed by atoms with Gasteiger partial charge in [0.15, 0.2) is 6.10 Å². The highest BCUT2D eigenvalue weighted by Gasteiger charge is 2.35. The molecule has 1 aliphatic heterocycles. The molecule has 0 aliphatic carbocycles. The van der Waals surface area contributed by atoms with E-state index in [0.29, 0.717) is 17.2 Å². The molecule has 138 valence electrons. The Labute approximate surface area is 159 Å². The van der Waals surface area contributed by atoms with Gasteiger partial charge in [0, 0.05) is 17.0 Å². The van der Waals surface area contributed by atoms with Gasteiger partial charge < -0.3 is 14.8 Å². The van der Waals surface area contributed by atoms with Gasteiger partial charge in [0.1, 0.15) is 17.1 Å². The number of nitrogens with one attached hydrogen (secondary N) is 1. The second kappa shape index (κ2) is 7.20. The van der Waals surface area contributed by atoms with Crippen molar-refractivity contribution in [1.82, 2.24) is 5.32 Å². The van der Waals surface area contributed by atoms with Crippen molar-refractivity contribution in [1.29, 1.82) is 0 Å². The highest BCUT2D eigenvalue weighted by molar-refractivity contribution is 6.30. The van der Waals surface area contributed by atoms with E-state index >= 15 is 0 Å². The van der Waals surface area contributed by atoms with Gasteiger partial charge >= 0.3 is 0 Å². The van der Waals surface area contributed by atoms with Crippen LogP contribution in [0.5, 0.6) is 11.5 Å². The minimum Gasteiger partial charge on any atom is -0.487 e. The molecule has 0 unspecified atom stereocenters. The van der Waals surface area contributed by atoms with Gasteiger partial charge in [-0.05, 0) is 52.0 Å². The lowest BCUT2D eigenvalue weighted by Crippen LogP contribution is -2.44. The Morgan fingerprint density at radius 1 is 1.31 bits per heavy atom. The summed E-state index contributed by atoms with van der Waals surface area (Å²) in [6, 6.07) is 13.0. The van der Waals surface area contributed by atoms with Gasteiger partial charge in [-0.3, -0.25) is 4.79 Å². The number of aryl methyl sites for hydroxylation is 1. The van der Waals surface area contributed by atoms with Gasteiger partial charge in [-0.2, -0.15) is 0 Å². The molecular weight excluding hydrogens is 350 g/mol. The second-order valence-electron chi connectivity index (χ2n) is 7.39. The maximum Gasteiger partial charge on any atom is 0.261 e. The summed E-state index contributed by atoms with van der Waals surface area (Å²) in [5.74, 6) is 1.23. The molecule has 1 aliphatic rings. The van der Waals surface area contributed by atoms with Crippen LogP contribution in [0.1, 0.15) is 44.4 Å². The zero-order valence-electron chi connectivity index (χ0n) is 15.5. The maximum absolute atomic E-state index is 12.7. The Kier molecular flexibility index (Phi) is 5.15. The average molecular weight is 374 g/mol. The average Bonchev–Trinajstić information content (AvgIpc) is 2.54. The molecule has 2 aromatic rings. The van der Waals surface area contributed by atoms with Crippen molar-refractivity contribution < 1.29 is 14.3 Å². The van der Waals surface area contributed by atoms with Crippen molar-refractivity contribution in [3.05, 3.63) is 58.6 Å². The van der Waals surface area contributed by atoms with E-state index in [1.807, 2.05) is 32.9 Å². The summed E-state index contributed by atoms with van der Waals surface area (Å²) in [5, 5.41) is 3.69. The SMILES string of the molecule is Cc1ccc2c(c1)[C@@H](NC(=O)[C@@H](C)Oc1cccc(Cl)c1)CC(C)(C)O2. The lowest BCUT2D eigenvalue weighted by molar-refractivity contribution is -0.128. The van der Waals surface area contributed by atoms with Crippen LogP contribution in [0, 0.1) is 6.92 Å². The Balaban J connectivity index is 1.75. The number of benzene rings is 2. The Bertz CT molecular complexity index is 819. The number of fused-ring (bicyclic) bond motifs is 1. The van der Waals surface area contributed by atoms with Gasteiger partial charge in [-0.1, -0.05) is 35.4 Å². The van der Waals surface area contributed by atoms with Crippen LogP contribution < -0.4 is 14.8 Å². The predicted molar refractivity (Wildman–Crippen MR) is 103 cm³/mol. The van der Waals surface area contributed by atoms with Crippen molar-refractivity contribution in [2.45, 2.75) is 51.9 Å². The van der Waals surface area contributed by atoms with Crippen LogP contribution in [0.15, 0.2) is 42.5 Å². The standard InChI is InChI=1S/C21H24ClNO3/c1-13-8-9-19-17(10-13)18(12-21(3,4)26-19)23-20(24)14(2)25-16-7-5-6-15(22)11-16/h5-11,14,18H,12H2,1-4H3,(H,23,24)/t14-,18+/m1/s1. The van der Waals surface area contributed by atoms with E-state index in [1.165, 1.54) is 0 Å². The topological polar surface area (TPSA) is 47.6 Å². The molecule has 0 saturated heterocycles. The van der Waals surface area contributed by atoms with Crippen LogP contribution >= 0.6 is 11.6 Å². The van der Waals surface area contributed by atoms with E-state index in [0.717, 1.165) is 16.9 Å². The Morgan fingerprint density at radius 2 is 2.08 bits per heavy atom. The lowest BCUT2D eigenvalue weighted by atomic mass is 9.89. The van der Waals surface area contributed by atoms with Crippen LogP contribution in [0.2, 0.25) is 5.02 Å². The number of halogens is 1. The molecule has 5 heteroatoms.